The Morgan fingerprint density at radius 1 is 1.04 bits per heavy atom. The van der Waals surface area contributed by atoms with Crippen LogP contribution < -0.4 is 5.32 Å². The molecule has 1 saturated carbocycles. The number of carboxylic acid groups (broad SMARTS) is 1. The Balaban J connectivity index is 1.38. The predicted molar refractivity (Wildman–Crippen MR) is 108 cm³/mol. The Bertz CT molecular complexity index is 853. The fourth-order valence-corrected chi connectivity index (χ4v) is 4.12. The summed E-state index contributed by atoms with van der Waals surface area (Å²) in [6.07, 6.45) is 3.18. The summed E-state index contributed by atoms with van der Waals surface area (Å²) < 4.78 is 0. The van der Waals surface area contributed by atoms with Crippen LogP contribution in [0.3, 0.4) is 0 Å². The fourth-order valence-electron chi connectivity index (χ4n) is 4.12. The number of piperidine rings is 1. The molecule has 1 amide bonds. The van der Waals surface area contributed by atoms with E-state index in [0.29, 0.717) is 12.8 Å². The quantitative estimate of drug-likeness (QED) is 0.805. The summed E-state index contributed by atoms with van der Waals surface area (Å²) in [4.78, 5) is 26.3. The Hall–Kier alpha value is -2.66. The molecule has 146 valence electrons. The number of hydrogen-bond donors (Lipinski definition) is 2. The summed E-state index contributed by atoms with van der Waals surface area (Å²) in [6, 6.07) is 18.0. The number of rotatable bonds is 6. The molecule has 0 radical (unpaired) electrons. The molecule has 0 spiro atoms. The lowest BCUT2D eigenvalue weighted by molar-refractivity contribution is -0.143. The smallest absolute Gasteiger partial charge is 0.306 e. The number of carbonyl (C=O) groups is 2. The van der Waals surface area contributed by atoms with Crippen molar-refractivity contribution in [2.24, 2.45) is 5.92 Å². The van der Waals surface area contributed by atoms with Gasteiger partial charge in [0.1, 0.15) is 0 Å². The van der Waals surface area contributed by atoms with E-state index < -0.39 is 5.97 Å². The van der Waals surface area contributed by atoms with Crippen LogP contribution in [0.5, 0.6) is 0 Å². The highest BCUT2D eigenvalue weighted by Crippen LogP contribution is 2.48. The SMILES string of the molecule is O=C(O)C1CCN(Cc2cccc(NC(=O)C3(c4ccccc4)CC3)c2)CC1. The molecule has 4 rings (SSSR count). The first-order valence-corrected chi connectivity index (χ1v) is 9.98. The van der Waals surface area contributed by atoms with Crippen LogP contribution in [0.4, 0.5) is 5.69 Å². The Morgan fingerprint density at radius 3 is 2.39 bits per heavy atom. The number of benzene rings is 2. The van der Waals surface area contributed by atoms with Crippen LogP contribution in [0, 0.1) is 5.92 Å². The maximum Gasteiger partial charge on any atom is 0.306 e. The third kappa shape index (κ3) is 3.94. The average Bonchev–Trinajstić information content (AvgIpc) is 3.51. The zero-order valence-electron chi connectivity index (χ0n) is 15.9. The van der Waals surface area contributed by atoms with Crippen LogP contribution in [-0.4, -0.2) is 35.0 Å². The van der Waals surface area contributed by atoms with Gasteiger partial charge in [0.15, 0.2) is 0 Å². The minimum atomic E-state index is -0.684. The second-order valence-corrected chi connectivity index (χ2v) is 7.99. The molecule has 0 bridgehead atoms. The van der Waals surface area contributed by atoms with E-state index in [4.69, 9.17) is 5.11 Å². The van der Waals surface area contributed by atoms with Gasteiger partial charge in [-0.3, -0.25) is 14.5 Å². The van der Waals surface area contributed by atoms with Gasteiger partial charge in [0.25, 0.3) is 0 Å². The van der Waals surface area contributed by atoms with Crippen LogP contribution in [0.2, 0.25) is 0 Å². The van der Waals surface area contributed by atoms with Crippen LogP contribution in [0.25, 0.3) is 0 Å². The first-order chi connectivity index (χ1) is 13.6. The number of nitrogens with one attached hydrogen (secondary N) is 1. The second-order valence-electron chi connectivity index (χ2n) is 7.99. The minimum absolute atomic E-state index is 0.0677. The summed E-state index contributed by atoms with van der Waals surface area (Å²) in [5.41, 5.74) is 2.67. The molecule has 1 heterocycles. The average molecular weight is 378 g/mol. The van der Waals surface area contributed by atoms with Gasteiger partial charge in [0.2, 0.25) is 5.91 Å². The lowest BCUT2D eigenvalue weighted by Crippen LogP contribution is -2.35. The van der Waals surface area contributed by atoms with Crippen molar-refractivity contribution in [2.45, 2.75) is 37.6 Å². The number of aliphatic carboxylic acids is 1. The van der Waals surface area contributed by atoms with Gasteiger partial charge in [-0.1, -0.05) is 42.5 Å². The molecule has 5 heteroatoms. The van der Waals surface area contributed by atoms with Crippen LogP contribution in [0.15, 0.2) is 54.6 Å². The van der Waals surface area contributed by atoms with Crippen molar-refractivity contribution in [3.63, 3.8) is 0 Å². The van der Waals surface area contributed by atoms with Gasteiger partial charge in [-0.2, -0.15) is 0 Å². The lowest BCUT2D eigenvalue weighted by Gasteiger charge is -2.30. The molecule has 2 N–H and O–H groups in total. The maximum atomic E-state index is 12.9. The minimum Gasteiger partial charge on any atom is -0.481 e. The molecule has 1 saturated heterocycles. The van der Waals surface area contributed by atoms with E-state index in [1.54, 1.807) is 0 Å². The molecule has 5 nitrogen and oxygen atoms in total. The van der Waals surface area contributed by atoms with E-state index >= 15 is 0 Å². The van der Waals surface area contributed by atoms with Gasteiger partial charge in [-0.25, -0.2) is 0 Å². The highest BCUT2D eigenvalue weighted by molar-refractivity contribution is 6.01. The number of hydrogen-bond acceptors (Lipinski definition) is 3. The van der Waals surface area contributed by atoms with Crippen molar-refractivity contribution >= 4 is 17.6 Å². The molecular weight excluding hydrogens is 352 g/mol. The molecule has 1 aliphatic heterocycles. The molecule has 1 aliphatic carbocycles. The van der Waals surface area contributed by atoms with Gasteiger partial charge in [0, 0.05) is 12.2 Å². The number of carboxylic acids is 1. The van der Waals surface area contributed by atoms with Gasteiger partial charge >= 0.3 is 5.97 Å². The van der Waals surface area contributed by atoms with Gasteiger partial charge in [0.05, 0.1) is 11.3 Å². The summed E-state index contributed by atoms with van der Waals surface area (Å²) in [6.45, 7) is 2.37. The zero-order chi connectivity index (χ0) is 19.6. The highest BCUT2D eigenvalue weighted by Gasteiger charge is 2.51. The first-order valence-electron chi connectivity index (χ1n) is 9.98. The number of nitrogens with zero attached hydrogens (tertiary/aromatic N) is 1. The van der Waals surface area contributed by atoms with E-state index in [-0.39, 0.29) is 17.2 Å². The second kappa shape index (κ2) is 7.76. The van der Waals surface area contributed by atoms with Crippen LogP contribution >= 0.6 is 0 Å². The number of amides is 1. The molecule has 2 aromatic rings. The standard InChI is InChI=1S/C23H26N2O3/c26-21(27)18-9-13-25(14-10-18)16-17-5-4-8-20(15-17)24-22(28)23(11-12-23)19-6-2-1-3-7-19/h1-8,15,18H,9-14,16H2,(H,24,28)(H,26,27). The fraction of sp³-hybridized carbons (Fsp3) is 0.391. The predicted octanol–water partition coefficient (Wildman–Crippen LogP) is 3.65. The molecule has 2 fully saturated rings. The third-order valence-electron chi connectivity index (χ3n) is 6.04. The van der Waals surface area contributed by atoms with E-state index in [1.807, 2.05) is 48.5 Å². The molecule has 2 aromatic carbocycles. The Labute approximate surface area is 165 Å². The van der Waals surface area contributed by atoms with Crippen LogP contribution in [0.1, 0.15) is 36.8 Å². The maximum absolute atomic E-state index is 12.9. The van der Waals surface area contributed by atoms with Crippen LogP contribution in [-0.2, 0) is 21.5 Å². The normalized spacial score (nSPS) is 19.1. The number of carbonyl (C=O) groups excluding carboxylic acids is 1. The molecule has 0 aromatic heterocycles. The Kier molecular flexibility index (Phi) is 5.18. The molecule has 0 unspecified atom stereocenters. The summed E-state index contributed by atoms with van der Waals surface area (Å²) in [7, 11) is 0. The Morgan fingerprint density at radius 2 is 1.75 bits per heavy atom. The van der Waals surface area contributed by atoms with E-state index in [0.717, 1.165) is 49.3 Å². The number of likely N-dealkylation sites (tertiary alicyclic amines) is 1. The zero-order valence-corrected chi connectivity index (χ0v) is 15.9. The third-order valence-corrected chi connectivity index (χ3v) is 6.04. The van der Waals surface area contributed by atoms with E-state index in [1.165, 1.54) is 0 Å². The van der Waals surface area contributed by atoms with Gasteiger partial charge < -0.3 is 10.4 Å². The molecule has 2 aliphatic rings. The first kappa shape index (κ1) is 18.7. The molecular formula is C23H26N2O3. The van der Waals surface area contributed by atoms with Crippen molar-refractivity contribution in [2.75, 3.05) is 18.4 Å². The van der Waals surface area contributed by atoms with Crippen molar-refractivity contribution < 1.29 is 14.7 Å². The highest BCUT2D eigenvalue weighted by atomic mass is 16.4. The van der Waals surface area contributed by atoms with Crippen molar-refractivity contribution in [1.82, 2.24) is 4.90 Å². The van der Waals surface area contributed by atoms with Gasteiger partial charge in [-0.05, 0) is 62.0 Å². The monoisotopic (exact) mass is 378 g/mol. The summed E-state index contributed by atoms with van der Waals surface area (Å²) >= 11 is 0. The van der Waals surface area contributed by atoms with Gasteiger partial charge in [-0.15, -0.1) is 0 Å². The topological polar surface area (TPSA) is 69.6 Å². The lowest BCUT2D eigenvalue weighted by atomic mass is 9.95. The summed E-state index contributed by atoms with van der Waals surface area (Å²) in [5, 5.41) is 12.2. The number of anilines is 1. The summed E-state index contributed by atoms with van der Waals surface area (Å²) in [5.74, 6) is -0.829. The van der Waals surface area contributed by atoms with Crippen molar-refractivity contribution in [3.05, 3.63) is 65.7 Å². The molecule has 0 atom stereocenters. The van der Waals surface area contributed by atoms with E-state index in [9.17, 15) is 9.59 Å². The largest absolute Gasteiger partial charge is 0.481 e. The molecule has 28 heavy (non-hydrogen) atoms. The van der Waals surface area contributed by atoms with Crippen molar-refractivity contribution in [3.8, 4) is 0 Å². The van der Waals surface area contributed by atoms with E-state index in [2.05, 4.69) is 16.3 Å². The van der Waals surface area contributed by atoms with Crippen molar-refractivity contribution in [1.29, 1.82) is 0 Å².